The van der Waals surface area contributed by atoms with Crippen LogP contribution in [0.4, 0.5) is 0 Å². The van der Waals surface area contributed by atoms with Gasteiger partial charge in [-0.25, -0.2) is 4.79 Å². The molecule has 1 aromatic rings. The van der Waals surface area contributed by atoms with E-state index in [4.69, 9.17) is 4.74 Å². The molecule has 7 nitrogen and oxygen atoms in total. The van der Waals surface area contributed by atoms with E-state index in [9.17, 15) is 24.3 Å². The Balaban J connectivity index is 1.78. The molecule has 0 saturated carbocycles. The van der Waals surface area contributed by atoms with Crippen LogP contribution in [0.15, 0.2) is 24.3 Å². The van der Waals surface area contributed by atoms with Crippen molar-refractivity contribution in [3.8, 4) is 0 Å². The summed E-state index contributed by atoms with van der Waals surface area (Å²) in [6.45, 7) is 3.38. The van der Waals surface area contributed by atoms with Gasteiger partial charge in [-0.2, -0.15) is 0 Å². The molecular weight excluding hydrogens is 369 g/mol. The third kappa shape index (κ3) is 6.40. The number of hydrogen-bond donors (Lipinski definition) is 3. The first kappa shape index (κ1) is 22.1. The van der Waals surface area contributed by atoms with Crippen LogP contribution in [-0.4, -0.2) is 50.8 Å². The van der Waals surface area contributed by atoms with Crippen molar-refractivity contribution in [2.45, 2.75) is 57.3 Å². The van der Waals surface area contributed by atoms with Crippen LogP contribution >= 0.6 is 7.60 Å². The zero-order valence-corrected chi connectivity index (χ0v) is 16.7. The minimum Gasteiger partial charge on any atom is -0.462 e. The van der Waals surface area contributed by atoms with Crippen LogP contribution in [-0.2, 0) is 15.8 Å². The molecule has 0 amide bonds. The Morgan fingerprint density at radius 3 is 2.44 bits per heavy atom. The predicted molar refractivity (Wildman–Crippen MR) is 102 cm³/mol. The van der Waals surface area contributed by atoms with E-state index in [1.807, 2.05) is 0 Å². The predicted octanol–water partition coefficient (Wildman–Crippen LogP) is 2.89. The van der Waals surface area contributed by atoms with E-state index < -0.39 is 12.9 Å². The van der Waals surface area contributed by atoms with Gasteiger partial charge in [0.2, 0.25) is 0 Å². The molecule has 0 bridgehead atoms. The smallest absolute Gasteiger partial charge is 0.358 e. The number of benzene rings is 1. The number of likely N-dealkylation sites (tertiary alicyclic amines) is 1. The lowest BCUT2D eigenvalue weighted by Crippen LogP contribution is -2.32. The highest BCUT2D eigenvalue weighted by atomic mass is 31.2. The number of aliphatic hydroxyl groups is 1. The van der Waals surface area contributed by atoms with Crippen LogP contribution in [0, 0.1) is 0 Å². The van der Waals surface area contributed by atoms with E-state index in [-0.39, 0.29) is 18.9 Å². The highest BCUT2D eigenvalue weighted by molar-refractivity contribution is 7.53. The number of hydrogen-bond acceptors (Lipinski definition) is 5. The summed E-state index contributed by atoms with van der Waals surface area (Å²) in [4.78, 5) is 32.4. The topological polar surface area (TPSA) is 107 Å². The van der Waals surface area contributed by atoms with Gasteiger partial charge >= 0.3 is 13.6 Å². The van der Waals surface area contributed by atoms with Gasteiger partial charge in [0.15, 0.2) is 5.34 Å². The fourth-order valence-corrected chi connectivity index (χ4v) is 3.96. The van der Waals surface area contributed by atoms with Crippen molar-refractivity contribution >= 4 is 13.6 Å². The molecular formula is C19H30NO6P. The SMILES string of the molecule is CCCCCCCOC(=O)c1ccc(CN2CCC(O)(P(=O)(O)O)C2)cc1. The summed E-state index contributed by atoms with van der Waals surface area (Å²) < 4.78 is 16.7. The molecule has 2 rings (SSSR count). The quantitative estimate of drug-likeness (QED) is 0.315. The van der Waals surface area contributed by atoms with Gasteiger partial charge in [0.1, 0.15) is 0 Å². The second kappa shape index (κ2) is 9.80. The van der Waals surface area contributed by atoms with Crippen molar-refractivity contribution in [1.82, 2.24) is 4.90 Å². The second-order valence-corrected chi connectivity index (χ2v) is 9.15. The van der Waals surface area contributed by atoms with Crippen LogP contribution in [0.3, 0.4) is 0 Å². The summed E-state index contributed by atoms with van der Waals surface area (Å²) in [6.07, 6.45) is 5.54. The molecule has 1 unspecified atom stereocenters. The third-order valence-corrected chi connectivity index (χ3v) is 6.37. The Kier molecular flexibility index (Phi) is 8.01. The average molecular weight is 399 g/mol. The maximum absolute atomic E-state index is 12.0. The van der Waals surface area contributed by atoms with Crippen molar-refractivity contribution in [1.29, 1.82) is 0 Å². The zero-order chi connectivity index (χ0) is 19.9. The van der Waals surface area contributed by atoms with E-state index in [0.717, 1.165) is 24.8 Å². The van der Waals surface area contributed by atoms with Crippen molar-refractivity contribution in [2.24, 2.45) is 0 Å². The van der Waals surface area contributed by atoms with Gasteiger partial charge in [-0.3, -0.25) is 9.46 Å². The van der Waals surface area contributed by atoms with Crippen LogP contribution < -0.4 is 0 Å². The lowest BCUT2D eigenvalue weighted by molar-refractivity contribution is 0.0497. The molecule has 1 fully saturated rings. The summed E-state index contributed by atoms with van der Waals surface area (Å²) in [5, 5.41) is 8.11. The Labute approximate surface area is 160 Å². The minimum absolute atomic E-state index is 0.0416. The van der Waals surface area contributed by atoms with Gasteiger partial charge < -0.3 is 19.6 Å². The van der Waals surface area contributed by atoms with Gasteiger partial charge in [-0.05, 0) is 24.1 Å². The van der Waals surface area contributed by atoms with Crippen molar-refractivity contribution in [2.75, 3.05) is 19.7 Å². The number of β-amino-alcohol motifs (C(OH)–C–C–N with tert-alkyl or cyclic N) is 1. The van der Waals surface area contributed by atoms with E-state index in [0.29, 0.717) is 25.3 Å². The van der Waals surface area contributed by atoms with E-state index in [1.54, 1.807) is 29.2 Å². The zero-order valence-electron chi connectivity index (χ0n) is 15.8. The van der Waals surface area contributed by atoms with Crippen LogP contribution in [0.2, 0.25) is 0 Å². The fourth-order valence-electron chi connectivity index (χ4n) is 3.18. The summed E-state index contributed by atoms with van der Waals surface area (Å²) in [5.41, 5.74) is 1.39. The Morgan fingerprint density at radius 1 is 1.19 bits per heavy atom. The maximum atomic E-state index is 12.0. The summed E-state index contributed by atoms with van der Waals surface area (Å²) in [7, 11) is -4.56. The molecule has 1 aromatic carbocycles. The Hall–Kier alpha value is -1.24. The first-order valence-corrected chi connectivity index (χ1v) is 11.1. The number of rotatable bonds is 10. The molecule has 0 spiro atoms. The summed E-state index contributed by atoms with van der Waals surface area (Å²) >= 11 is 0. The molecule has 0 aromatic heterocycles. The van der Waals surface area contributed by atoms with Crippen LogP contribution in [0.25, 0.3) is 0 Å². The van der Waals surface area contributed by atoms with Crippen LogP contribution in [0.5, 0.6) is 0 Å². The minimum atomic E-state index is -4.56. The molecule has 1 aliphatic heterocycles. The molecule has 0 aliphatic carbocycles. The van der Waals surface area contributed by atoms with Gasteiger partial charge in [-0.1, -0.05) is 44.7 Å². The van der Waals surface area contributed by atoms with E-state index >= 15 is 0 Å². The third-order valence-electron chi connectivity index (χ3n) is 4.92. The molecule has 1 atom stereocenters. The van der Waals surface area contributed by atoms with Gasteiger partial charge in [0, 0.05) is 26.1 Å². The number of nitrogens with zero attached hydrogens (tertiary/aromatic N) is 1. The number of carbonyl (C=O) groups is 1. The normalized spacial score (nSPS) is 20.7. The standard InChI is InChI=1S/C19H30NO6P/c1-2-3-4-5-6-13-26-18(21)17-9-7-16(8-10-17)14-20-12-11-19(22,15-20)27(23,24)25/h7-10,22H,2-6,11-15H2,1H3,(H2,23,24,25). The summed E-state index contributed by atoms with van der Waals surface area (Å²) in [5.74, 6) is -0.339. The lowest BCUT2D eigenvalue weighted by atomic mass is 10.1. The van der Waals surface area contributed by atoms with Crippen molar-refractivity contribution in [3.63, 3.8) is 0 Å². The summed E-state index contributed by atoms with van der Waals surface area (Å²) in [6, 6.07) is 6.99. The molecule has 152 valence electrons. The van der Waals surface area contributed by atoms with Gasteiger partial charge in [0.05, 0.1) is 12.2 Å². The molecule has 1 heterocycles. The molecule has 1 aliphatic rings. The number of esters is 1. The van der Waals surface area contributed by atoms with E-state index in [2.05, 4.69) is 6.92 Å². The average Bonchev–Trinajstić information content (AvgIpc) is 3.00. The van der Waals surface area contributed by atoms with E-state index in [1.165, 1.54) is 12.8 Å². The molecule has 3 N–H and O–H groups in total. The lowest BCUT2D eigenvalue weighted by Gasteiger charge is -2.24. The van der Waals surface area contributed by atoms with Crippen LogP contribution in [0.1, 0.15) is 61.4 Å². The molecule has 8 heteroatoms. The monoisotopic (exact) mass is 399 g/mol. The maximum Gasteiger partial charge on any atom is 0.358 e. The van der Waals surface area contributed by atoms with Crippen molar-refractivity contribution in [3.05, 3.63) is 35.4 Å². The highest BCUT2D eigenvalue weighted by Gasteiger charge is 2.49. The molecule has 27 heavy (non-hydrogen) atoms. The fraction of sp³-hybridized carbons (Fsp3) is 0.632. The number of unbranched alkanes of at least 4 members (excludes halogenated alkanes) is 4. The van der Waals surface area contributed by atoms with Crippen molar-refractivity contribution < 1.29 is 29.0 Å². The van der Waals surface area contributed by atoms with Gasteiger partial charge in [-0.15, -0.1) is 0 Å². The second-order valence-electron chi connectivity index (χ2n) is 7.23. The first-order valence-electron chi connectivity index (χ1n) is 9.51. The largest absolute Gasteiger partial charge is 0.462 e. The number of ether oxygens (including phenoxy) is 1. The highest BCUT2D eigenvalue weighted by Crippen LogP contribution is 2.53. The van der Waals surface area contributed by atoms with Gasteiger partial charge in [0.25, 0.3) is 0 Å². The Bertz CT molecular complexity index is 659. The first-order chi connectivity index (χ1) is 12.7. The molecule has 1 saturated heterocycles. The Morgan fingerprint density at radius 2 is 1.85 bits per heavy atom. The molecule has 0 radical (unpaired) electrons. The number of carbonyl (C=O) groups excluding carboxylic acids is 1.